The highest BCUT2D eigenvalue weighted by atomic mass is 15.3. The average molecular weight is 274 g/mol. The molecule has 1 aromatic rings. The fraction of sp³-hybridized carbons (Fsp3) is 0.750. The molecule has 3 rings (SSSR count). The maximum absolute atomic E-state index is 4.72. The Balaban J connectivity index is 1.64. The number of anilines is 1. The molecule has 0 aliphatic heterocycles. The van der Waals surface area contributed by atoms with Crippen molar-refractivity contribution in [3.8, 4) is 0 Å². The van der Waals surface area contributed by atoms with Crippen molar-refractivity contribution in [1.29, 1.82) is 0 Å². The third kappa shape index (κ3) is 3.29. The van der Waals surface area contributed by atoms with Crippen LogP contribution in [-0.4, -0.2) is 29.1 Å². The number of aryl methyl sites for hydroxylation is 1. The highest BCUT2D eigenvalue weighted by Crippen LogP contribution is 2.24. The van der Waals surface area contributed by atoms with Gasteiger partial charge in [0, 0.05) is 43.1 Å². The summed E-state index contributed by atoms with van der Waals surface area (Å²) in [6, 6.07) is 1.36. The molecule has 2 aliphatic carbocycles. The molecule has 2 fully saturated rings. The number of aromatic nitrogens is 2. The Hall–Kier alpha value is -1.16. The van der Waals surface area contributed by atoms with Crippen LogP contribution in [0.5, 0.6) is 0 Å². The van der Waals surface area contributed by atoms with Crippen LogP contribution in [0.25, 0.3) is 0 Å². The van der Waals surface area contributed by atoms with Crippen molar-refractivity contribution in [2.45, 2.75) is 70.5 Å². The summed E-state index contributed by atoms with van der Waals surface area (Å²) in [5.41, 5.74) is 2.35. The van der Waals surface area contributed by atoms with E-state index >= 15 is 0 Å². The number of hydrogen-bond donors (Lipinski definition) is 1. The smallest absolute Gasteiger partial charge is 0.225 e. The second kappa shape index (κ2) is 6.08. The first kappa shape index (κ1) is 13.8. The second-order valence-corrected chi connectivity index (χ2v) is 6.34. The molecule has 0 atom stereocenters. The lowest BCUT2D eigenvalue weighted by molar-refractivity contribution is 0.424. The zero-order chi connectivity index (χ0) is 13.9. The highest BCUT2D eigenvalue weighted by Gasteiger charge is 2.22. The monoisotopic (exact) mass is 274 g/mol. The van der Waals surface area contributed by atoms with Gasteiger partial charge in [-0.05, 0) is 32.6 Å². The molecular formula is C16H26N4. The largest absolute Gasteiger partial charge is 0.341 e. The molecule has 0 unspecified atom stereocenters. The number of rotatable bonds is 5. The van der Waals surface area contributed by atoms with Gasteiger partial charge in [0.15, 0.2) is 0 Å². The minimum Gasteiger partial charge on any atom is -0.341 e. The summed E-state index contributed by atoms with van der Waals surface area (Å²) >= 11 is 0. The summed E-state index contributed by atoms with van der Waals surface area (Å²) in [6.07, 6.45) is 11.3. The molecule has 1 aromatic heterocycles. The molecule has 0 bridgehead atoms. The van der Waals surface area contributed by atoms with E-state index in [-0.39, 0.29) is 0 Å². The maximum atomic E-state index is 4.72. The van der Waals surface area contributed by atoms with Crippen LogP contribution in [0.4, 0.5) is 5.95 Å². The molecule has 0 aromatic carbocycles. The molecule has 2 saturated carbocycles. The Morgan fingerprint density at radius 1 is 1.20 bits per heavy atom. The van der Waals surface area contributed by atoms with Crippen LogP contribution in [0.3, 0.4) is 0 Å². The van der Waals surface area contributed by atoms with Gasteiger partial charge in [-0.3, -0.25) is 0 Å². The van der Waals surface area contributed by atoms with Gasteiger partial charge >= 0.3 is 0 Å². The molecule has 0 radical (unpaired) electrons. The third-order valence-corrected chi connectivity index (χ3v) is 4.66. The van der Waals surface area contributed by atoms with Crippen molar-refractivity contribution < 1.29 is 0 Å². The van der Waals surface area contributed by atoms with E-state index in [1.54, 1.807) is 0 Å². The number of nitrogens with zero attached hydrogens (tertiary/aromatic N) is 3. The van der Waals surface area contributed by atoms with Gasteiger partial charge in [0.25, 0.3) is 0 Å². The first-order valence-corrected chi connectivity index (χ1v) is 8.03. The topological polar surface area (TPSA) is 41.1 Å². The fourth-order valence-electron chi connectivity index (χ4n) is 3.00. The first-order chi connectivity index (χ1) is 9.74. The standard InChI is InChI=1S/C16H26N4/c1-12-13(10-17-14-8-9-14)11-18-16(19-12)20(2)15-6-4-3-5-7-15/h11,14-15,17H,3-10H2,1-2H3. The van der Waals surface area contributed by atoms with Crippen molar-refractivity contribution in [2.24, 2.45) is 0 Å². The van der Waals surface area contributed by atoms with Gasteiger partial charge in [0.2, 0.25) is 5.95 Å². The maximum Gasteiger partial charge on any atom is 0.225 e. The van der Waals surface area contributed by atoms with Gasteiger partial charge in [-0.25, -0.2) is 9.97 Å². The van der Waals surface area contributed by atoms with Crippen molar-refractivity contribution in [2.75, 3.05) is 11.9 Å². The first-order valence-electron chi connectivity index (χ1n) is 8.03. The van der Waals surface area contributed by atoms with Gasteiger partial charge in [-0.15, -0.1) is 0 Å². The van der Waals surface area contributed by atoms with Gasteiger partial charge in [0.05, 0.1) is 0 Å². The van der Waals surface area contributed by atoms with Crippen LogP contribution in [-0.2, 0) is 6.54 Å². The third-order valence-electron chi connectivity index (χ3n) is 4.66. The Morgan fingerprint density at radius 2 is 1.95 bits per heavy atom. The fourth-order valence-corrected chi connectivity index (χ4v) is 3.00. The molecule has 1 heterocycles. The van der Waals surface area contributed by atoms with Crippen molar-refractivity contribution in [3.63, 3.8) is 0 Å². The van der Waals surface area contributed by atoms with Gasteiger partial charge in [0.1, 0.15) is 0 Å². The summed E-state index contributed by atoms with van der Waals surface area (Å²) in [5, 5.41) is 3.53. The van der Waals surface area contributed by atoms with E-state index in [9.17, 15) is 0 Å². The molecule has 0 saturated heterocycles. The lowest BCUT2D eigenvalue weighted by atomic mass is 9.95. The minimum absolute atomic E-state index is 0.624. The van der Waals surface area contributed by atoms with E-state index in [2.05, 4.69) is 29.2 Å². The lowest BCUT2D eigenvalue weighted by Crippen LogP contribution is -2.34. The SMILES string of the molecule is Cc1nc(N(C)C2CCCCC2)ncc1CNC1CC1. The molecule has 20 heavy (non-hydrogen) atoms. The zero-order valence-electron chi connectivity index (χ0n) is 12.7. The van der Waals surface area contributed by atoms with Crippen molar-refractivity contribution in [1.82, 2.24) is 15.3 Å². The summed E-state index contributed by atoms with van der Waals surface area (Å²) in [7, 11) is 2.15. The Kier molecular flexibility index (Phi) is 4.20. The van der Waals surface area contributed by atoms with Gasteiger partial charge in [-0.1, -0.05) is 19.3 Å². The normalized spacial score (nSPS) is 20.1. The molecule has 4 nitrogen and oxygen atoms in total. The average Bonchev–Trinajstić information content (AvgIpc) is 3.30. The van der Waals surface area contributed by atoms with Crippen LogP contribution >= 0.6 is 0 Å². The van der Waals surface area contributed by atoms with Gasteiger partial charge < -0.3 is 10.2 Å². The minimum atomic E-state index is 0.624. The summed E-state index contributed by atoms with van der Waals surface area (Å²) in [5.74, 6) is 0.893. The molecule has 0 amide bonds. The molecular weight excluding hydrogens is 248 g/mol. The van der Waals surface area contributed by atoms with Crippen LogP contribution in [0.2, 0.25) is 0 Å². The number of nitrogens with one attached hydrogen (secondary N) is 1. The number of hydrogen-bond acceptors (Lipinski definition) is 4. The predicted molar refractivity (Wildman–Crippen MR) is 81.9 cm³/mol. The summed E-state index contributed by atoms with van der Waals surface area (Å²) in [6.45, 7) is 3.01. The molecule has 4 heteroatoms. The predicted octanol–water partition coefficient (Wildman–Crippen LogP) is 2.81. The molecule has 2 aliphatic rings. The molecule has 1 N–H and O–H groups in total. The van der Waals surface area contributed by atoms with Crippen molar-refractivity contribution >= 4 is 5.95 Å². The second-order valence-electron chi connectivity index (χ2n) is 6.34. The molecule has 0 spiro atoms. The van der Waals surface area contributed by atoms with E-state index in [1.807, 2.05) is 6.20 Å². The van der Waals surface area contributed by atoms with Crippen LogP contribution in [0.1, 0.15) is 56.2 Å². The Bertz CT molecular complexity index is 450. The summed E-state index contributed by atoms with van der Waals surface area (Å²) in [4.78, 5) is 11.6. The van der Waals surface area contributed by atoms with E-state index in [0.29, 0.717) is 6.04 Å². The van der Waals surface area contributed by atoms with Crippen LogP contribution < -0.4 is 10.2 Å². The Labute approximate surface area is 122 Å². The van der Waals surface area contributed by atoms with E-state index in [1.165, 1.54) is 50.5 Å². The van der Waals surface area contributed by atoms with E-state index < -0.39 is 0 Å². The van der Waals surface area contributed by atoms with Crippen molar-refractivity contribution in [3.05, 3.63) is 17.5 Å². The molecule has 110 valence electrons. The zero-order valence-corrected chi connectivity index (χ0v) is 12.7. The van der Waals surface area contributed by atoms with Gasteiger partial charge in [-0.2, -0.15) is 0 Å². The van der Waals surface area contributed by atoms with Crippen LogP contribution in [0, 0.1) is 6.92 Å². The van der Waals surface area contributed by atoms with Crippen LogP contribution in [0.15, 0.2) is 6.20 Å². The Morgan fingerprint density at radius 3 is 2.60 bits per heavy atom. The quantitative estimate of drug-likeness (QED) is 0.896. The van der Waals surface area contributed by atoms with E-state index in [0.717, 1.165) is 24.2 Å². The summed E-state index contributed by atoms with van der Waals surface area (Å²) < 4.78 is 0. The van der Waals surface area contributed by atoms with E-state index in [4.69, 9.17) is 4.98 Å². The highest BCUT2D eigenvalue weighted by molar-refractivity contribution is 5.33. The lowest BCUT2D eigenvalue weighted by Gasteiger charge is -2.31.